The lowest BCUT2D eigenvalue weighted by Crippen LogP contribution is -2.43. The lowest BCUT2D eigenvalue weighted by Gasteiger charge is -2.18. The first-order valence-corrected chi connectivity index (χ1v) is 9.88. The highest BCUT2D eigenvalue weighted by Crippen LogP contribution is 2.28. The molecule has 0 spiro atoms. The molecule has 1 amide bonds. The fourth-order valence-electron chi connectivity index (χ4n) is 2.68. The number of halogens is 1. The number of carbonyl (C=O) groups excluding carboxylic acids is 1. The molecule has 6 heteroatoms. The maximum absolute atomic E-state index is 11.6. The van der Waals surface area contributed by atoms with Crippen LogP contribution in [0.15, 0.2) is 33.7 Å². The van der Waals surface area contributed by atoms with Crippen LogP contribution in [0.2, 0.25) is 0 Å². The van der Waals surface area contributed by atoms with Crippen molar-refractivity contribution >= 4 is 27.8 Å². The van der Waals surface area contributed by atoms with Crippen molar-refractivity contribution in [2.45, 2.75) is 32.6 Å². The molecule has 1 aliphatic rings. The minimum atomic E-state index is 0.185. The highest BCUT2D eigenvalue weighted by Gasteiger charge is 2.28. The number of hydrogen-bond donors (Lipinski definition) is 3. The van der Waals surface area contributed by atoms with Crippen molar-refractivity contribution in [1.82, 2.24) is 16.0 Å². The van der Waals surface area contributed by atoms with E-state index in [1.54, 1.807) is 7.05 Å². The van der Waals surface area contributed by atoms with Gasteiger partial charge >= 0.3 is 0 Å². The maximum atomic E-state index is 11.6. The Bertz CT molecular complexity index is 587. The van der Waals surface area contributed by atoms with E-state index in [0.717, 1.165) is 42.7 Å². The van der Waals surface area contributed by atoms with Crippen molar-refractivity contribution in [3.05, 3.63) is 34.3 Å². The monoisotopic (exact) mass is 408 g/mol. The third-order valence-electron chi connectivity index (χ3n) is 4.44. The van der Waals surface area contributed by atoms with Crippen LogP contribution in [0.25, 0.3) is 0 Å². The Morgan fingerprint density at radius 3 is 2.68 bits per heavy atom. The van der Waals surface area contributed by atoms with E-state index >= 15 is 0 Å². The van der Waals surface area contributed by atoms with E-state index in [2.05, 4.69) is 68.1 Å². The molecule has 1 unspecified atom stereocenters. The van der Waals surface area contributed by atoms with E-state index < -0.39 is 0 Å². The van der Waals surface area contributed by atoms with Crippen molar-refractivity contribution in [2.24, 2.45) is 16.8 Å². The number of nitrogens with zero attached hydrogens (tertiary/aromatic N) is 1. The van der Waals surface area contributed by atoms with Crippen LogP contribution < -0.4 is 16.0 Å². The summed E-state index contributed by atoms with van der Waals surface area (Å²) in [5.41, 5.74) is 1.34. The average Bonchev–Trinajstić information content (AvgIpc) is 3.45. The number of benzene rings is 1. The average molecular weight is 409 g/mol. The van der Waals surface area contributed by atoms with E-state index in [9.17, 15) is 4.79 Å². The van der Waals surface area contributed by atoms with Crippen LogP contribution in [0.3, 0.4) is 0 Å². The first-order chi connectivity index (χ1) is 12.1. The highest BCUT2D eigenvalue weighted by molar-refractivity contribution is 9.10. The molecule has 1 fully saturated rings. The summed E-state index contributed by atoms with van der Waals surface area (Å²) in [7, 11) is 1.77. The maximum Gasteiger partial charge on any atom is 0.223 e. The summed E-state index contributed by atoms with van der Waals surface area (Å²) < 4.78 is 1.12. The molecule has 0 heterocycles. The first-order valence-electron chi connectivity index (χ1n) is 9.09. The summed E-state index contributed by atoms with van der Waals surface area (Å²) >= 11 is 3.53. The smallest absolute Gasteiger partial charge is 0.223 e. The molecule has 0 bridgehead atoms. The second kappa shape index (κ2) is 10.4. The first kappa shape index (κ1) is 19.8. The predicted octanol–water partition coefficient (Wildman–Crippen LogP) is 2.71. The largest absolute Gasteiger partial charge is 0.356 e. The number of hydrogen-bond acceptors (Lipinski definition) is 2. The molecule has 0 radical (unpaired) electrons. The minimum Gasteiger partial charge on any atom is -0.356 e. The Morgan fingerprint density at radius 2 is 2.04 bits per heavy atom. The predicted molar refractivity (Wildman–Crippen MR) is 107 cm³/mol. The Labute approximate surface area is 159 Å². The highest BCUT2D eigenvalue weighted by atomic mass is 79.9. The van der Waals surface area contributed by atoms with Gasteiger partial charge in [0, 0.05) is 37.1 Å². The van der Waals surface area contributed by atoms with Crippen LogP contribution in [0.1, 0.15) is 31.7 Å². The molecule has 5 nitrogen and oxygen atoms in total. The van der Waals surface area contributed by atoms with Crippen LogP contribution in [-0.4, -0.2) is 38.5 Å². The zero-order valence-electron chi connectivity index (χ0n) is 15.1. The van der Waals surface area contributed by atoms with Crippen molar-refractivity contribution in [3.8, 4) is 0 Å². The van der Waals surface area contributed by atoms with Gasteiger partial charge in [0.25, 0.3) is 0 Å². The van der Waals surface area contributed by atoms with Gasteiger partial charge < -0.3 is 16.0 Å². The Balaban J connectivity index is 1.67. The molecular weight excluding hydrogens is 380 g/mol. The molecule has 2 rings (SSSR count). The summed E-state index contributed by atoms with van der Waals surface area (Å²) in [6, 6.07) is 8.48. The SMILES string of the molecule is CCC(CNC(=NC)NCCNC(=O)C1CC1)Cc1cccc(Br)c1. The molecule has 0 saturated heterocycles. The van der Waals surface area contributed by atoms with Gasteiger partial charge in [0.2, 0.25) is 5.91 Å². The fraction of sp³-hybridized carbons (Fsp3) is 0.579. The molecular formula is C19H29BrN4O. The van der Waals surface area contributed by atoms with E-state index in [1.807, 2.05) is 0 Å². The topological polar surface area (TPSA) is 65.5 Å². The zero-order valence-corrected chi connectivity index (χ0v) is 16.7. The van der Waals surface area contributed by atoms with Crippen LogP contribution in [0.5, 0.6) is 0 Å². The van der Waals surface area contributed by atoms with Crippen molar-refractivity contribution in [2.75, 3.05) is 26.7 Å². The number of nitrogens with one attached hydrogen (secondary N) is 3. The molecule has 1 saturated carbocycles. The Kier molecular flexibility index (Phi) is 8.25. The van der Waals surface area contributed by atoms with E-state index in [-0.39, 0.29) is 11.8 Å². The second-order valence-corrected chi connectivity index (χ2v) is 7.47. The second-order valence-electron chi connectivity index (χ2n) is 6.55. The molecule has 3 N–H and O–H groups in total. The summed E-state index contributed by atoms with van der Waals surface area (Å²) in [5.74, 6) is 1.78. The van der Waals surface area contributed by atoms with Gasteiger partial charge in [0.05, 0.1) is 0 Å². The molecule has 1 atom stereocenters. The minimum absolute atomic E-state index is 0.185. The number of aliphatic imine (C=N–C) groups is 1. The van der Waals surface area contributed by atoms with Gasteiger partial charge in [-0.1, -0.05) is 41.4 Å². The summed E-state index contributed by atoms with van der Waals surface area (Å²) in [6.07, 6.45) is 4.23. The number of carbonyl (C=O) groups is 1. The molecule has 25 heavy (non-hydrogen) atoms. The zero-order chi connectivity index (χ0) is 18.1. The third-order valence-corrected chi connectivity index (χ3v) is 4.93. The summed E-state index contributed by atoms with van der Waals surface area (Å²) in [5, 5.41) is 9.60. The van der Waals surface area contributed by atoms with Gasteiger partial charge in [0.1, 0.15) is 0 Å². The van der Waals surface area contributed by atoms with Gasteiger partial charge in [0.15, 0.2) is 5.96 Å². The summed E-state index contributed by atoms with van der Waals surface area (Å²) in [4.78, 5) is 15.8. The van der Waals surface area contributed by atoms with Crippen LogP contribution >= 0.6 is 15.9 Å². The molecule has 1 aromatic carbocycles. The quantitative estimate of drug-likeness (QED) is 0.334. The Hall–Kier alpha value is -1.56. The van der Waals surface area contributed by atoms with Crippen LogP contribution in [0, 0.1) is 11.8 Å². The van der Waals surface area contributed by atoms with Gasteiger partial charge in [-0.15, -0.1) is 0 Å². The van der Waals surface area contributed by atoms with E-state index in [1.165, 1.54) is 5.56 Å². The standard InChI is InChI=1S/C19H29BrN4O/c1-3-14(11-15-5-4-6-17(20)12-15)13-24-19(21-2)23-10-9-22-18(25)16-7-8-16/h4-6,12,14,16H,3,7-11,13H2,1-2H3,(H,22,25)(H2,21,23,24). The van der Waals surface area contributed by atoms with Gasteiger partial charge in [-0.2, -0.15) is 0 Å². The number of rotatable bonds is 9. The molecule has 0 aliphatic heterocycles. The van der Waals surface area contributed by atoms with Crippen molar-refractivity contribution in [1.29, 1.82) is 0 Å². The lowest BCUT2D eigenvalue weighted by atomic mass is 9.97. The molecule has 138 valence electrons. The third kappa shape index (κ3) is 7.46. The normalized spacial score (nSPS) is 15.6. The lowest BCUT2D eigenvalue weighted by molar-refractivity contribution is -0.122. The van der Waals surface area contributed by atoms with E-state index in [4.69, 9.17) is 0 Å². The van der Waals surface area contributed by atoms with E-state index in [0.29, 0.717) is 19.0 Å². The number of amides is 1. The molecule has 0 aromatic heterocycles. The molecule has 1 aromatic rings. The van der Waals surface area contributed by atoms with Gasteiger partial charge in [-0.25, -0.2) is 0 Å². The Morgan fingerprint density at radius 1 is 1.28 bits per heavy atom. The van der Waals surface area contributed by atoms with Crippen molar-refractivity contribution < 1.29 is 4.79 Å². The van der Waals surface area contributed by atoms with Gasteiger partial charge in [-0.05, 0) is 42.9 Å². The van der Waals surface area contributed by atoms with Gasteiger partial charge in [-0.3, -0.25) is 9.79 Å². The van der Waals surface area contributed by atoms with Crippen LogP contribution in [-0.2, 0) is 11.2 Å². The van der Waals surface area contributed by atoms with Crippen LogP contribution in [0.4, 0.5) is 0 Å². The fourth-order valence-corrected chi connectivity index (χ4v) is 3.12. The van der Waals surface area contributed by atoms with Crippen molar-refractivity contribution in [3.63, 3.8) is 0 Å². The summed E-state index contributed by atoms with van der Waals surface area (Å²) in [6.45, 7) is 4.40. The number of guanidine groups is 1. The molecule has 1 aliphatic carbocycles.